The predicted molar refractivity (Wildman–Crippen MR) is 49.2 cm³/mol. The molecule has 0 unspecified atom stereocenters. The second-order valence-corrected chi connectivity index (χ2v) is 2.75. The van der Waals surface area contributed by atoms with Gasteiger partial charge < -0.3 is 10.8 Å². The number of aromatic carboxylic acids is 1. The molecule has 6 nitrogen and oxygen atoms in total. The first-order valence-electron chi connectivity index (χ1n) is 3.72. The lowest BCUT2D eigenvalue weighted by atomic mass is 10.1. The fraction of sp³-hybridized carbons (Fsp3) is 0.125. The fourth-order valence-electron chi connectivity index (χ4n) is 1.16. The minimum absolute atomic E-state index is 0.209. The van der Waals surface area contributed by atoms with Crippen molar-refractivity contribution in [3.8, 4) is 0 Å². The van der Waals surface area contributed by atoms with Gasteiger partial charge in [0.15, 0.2) is 0 Å². The smallest absolute Gasteiger partial charge is 0.338 e. The summed E-state index contributed by atoms with van der Waals surface area (Å²) in [6.07, 6.45) is 0. The zero-order valence-electron chi connectivity index (χ0n) is 7.35. The second kappa shape index (κ2) is 3.33. The van der Waals surface area contributed by atoms with Crippen LogP contribution in [0.4, 0.5) is 11.4 Å². The van der Waals surface area contributed by atoms with Crippen molar-refractivity contribution in [1.82, 2.24) is 0 Å². The minimum Gasteiger partial charge on any atom is -0.478 e. The molecule has 0 saturated carbocycles. The Morgan fingerprint density at radius 3 is 2.57 bits per heavy atom. The van der Waals surface area contributed by atoms with Gasteiger partial charge in [-0.15, -0.1) is 0 Å². The van der Waals surface area contributed by atoms with Gasteiger partial charge >= 0.3 is 5.97 Å². The fourth-order valence-corrected chi connectivity index (χ4v) is 1.16. The first kappa shape index (κ1) is 9.97. The first-order valence-corrected chi connectivity index (χ1v) is 3.72. The number of carboxylic acids is 1. The highest BCUT2D eigenvalue weighted by Crippen LogP contribution is 2.27. The van der Waals surface area contributed by atoms with Gasteiger partial charge in [0.1, 0.15) is 5.69 Å². The molecular weight excluding hydrogens is 188 g/mol. The molecule has 0 aliphatic rings. The van der Waals surface area contributed by atoms with Crippen LogP contribution in [0, 0.1) is 17.0 Å². The van der Waals surface area contributed by atoms with Crippen LogP contribution in [-0.4, -0.2) is 16.0 Å². The number of hydrogen-bond acceptors (Lipinski definition) is 4. The SMILES string of the molecule is Cc1ccc([N+](=O)[O-])c(N)c1C(=O)O. The Labute approximate surface area is 79.1 Å². The van der Waals surface area contributed by atoms with Crippen molar-refractivity contribution in [2.75, 3.05) is 5.73 Å². The van der Waals surface area contributed by atoms with Gasteiger partial charge in [-0.05, 0) is 12.5 Å². The van der Waals surface area contributed by atoms with Gasteiger partial charge in [0.2, 0.25) is 0 Å². The van der Waals surface area contributed by atoms with E-state index in [1.807, 2.05) is 0 Å². The highest BCUT2D eigenvalue weighted by atomic mass is 16.6. The number of hydrogen-bond donors (Lipinski definition) is 2. The second-order valence-electron chi connectivity index (χ2n) is 2.75. The molecule has 3 N–H and O–H groups in total. The van der Waals surface area contributed by atoms with Gasteiger partial charge in [-0.25, -0.2) is 4.79 Å². The molecule has 0 amide bonds. The Morgan fingerprint density at radius 1 is 1.57 bits per heavy atom. The number of benzene rings is 1. The molecule has 1 aromatic rings. The van der Waals surface area contributed by atoms with Gasteiger partial charge in [-0.3, -0.25) is 10.1 Å². The van der Waals surface area contributed by atoms with Crippen molar-refractivity contribution in [1.29, 1.82) is 0 Å². The molecule has 1 aromatic carbocycles. The summed E-state index contributed by atoms with van der Waals surface area (Å²) >= 11 is 0. The topological polar surface area (TPSA) is 106 Å². The largest absolute Gasteiger partial charge is 0.478 e. The van der Waals surface area contributed by atoms with E-state index in [4.69, 9.17) is 10.8 Å². The highest BCUT2D eigenvalue weighted by molar-refractivity contribution is 5.97. The number of rotatable bonds is 2. The molecular formula is C8H8N2O4. The van der Waals surface area contributed by atoms with Crippen LogP contribution in [0.15, 0.2) is 12.1 Å². The van der Waals surface area contributed by atoms with E-state index in [1.54, 1.807) is 0 Å². The van der Waals surface area contributed by atoms with E-state index >= 15 is 0 Å². The maximum atomic E-state index is 10.7. The Bertz CT molecular complexity index is 414. The van der Waals surface area contributed by atoms with Crippen LogP contribution in [0.2, 0.25) is 0 Å². The molecule has 0 fully saturated rings. The number of carbonyl (C=O) groups is 1. The third kappa shape index (κ3) is 1.49. The van der Waals surface area contributed by atoms with Gasteiger partial charge in [0.25, 0.3) is 5.69 Å². The van der Waals surface area contributed by atoms with Crippen molar-refractivity contribution in [3.63, 3.8) is 0 Å². The lowest BCUT2D eigenvalue weighted by Crippen LogP contribution is -2.07. The van der Waals surface area contributed by atoms with E-state index in [1.165, 1.54) is 19.1 Å². The predicted octanol–water partition coefficient (Wildman–Crippen LogP) is 1.18. The number of nitrogen functional groups attached to an aromatic ring is 1. The molecule has 0 saturated heterocycles. The average Bonchev–Trinajstić information content (AvgIpc) is 2.02. The zero-order chi connectivity index (χ0) is 10.9. The van der Waals surface area contributed by atoms with Crippen LogP contribution in [0.1, 0.15) is 15.9 Å². The Balaban J connectivity index is 3.49. The molecule has 0 aliphatic heterocycles. The first-order chi connectivity index (χ1) is 6.45. The summed E-state index contributed by atoms with van der Waals surface area (Å²) in [6, 6.07) is 2.55. The number of carboxylic acid groups (broad SMARTS) is 1. The van der Waals surface area contributed by atoms with Gasteiger partial charge in [-0.1, -0.05) is 6.07 Å². The number of nitrogens with zero attached hydrogens (tertiary/aromatic N) is 1. The molecule has 0 aromatic heterocycles. The molecule has 0 spiro atoms. The number of nitro groups is 1. The van der Waals surface area contributed by atoms with E-state index < -0.39 is 10.9 Å². The lowest BCUT2D eigenvalue weighted by Gasteiger charge is -2.04. The summed E-state index contributed by atoms with van der Waals surface area (Å²) in [4.78, 5) is 20.4. The molecule has 0 bridgehead atoms. The van der Waals surface area contributed by atoms with Gasteiger partial charge in [-0.2, -0.15) is 0 Å². The molecule has 6 heteroatoms. The van der Waals surface area contributed by atoms with Crippen LogP contribution in [0.5, 0.6) is 0 Å². The summed E-state index contributed by atoms with van der Waals surface area (Å²) in [7, 11) is 0. The van der Waals surface area contributed by atoms with Crippen LogP contribution in [0.25, 0.3) is 0 Å². The summed E-state index contributed by atoms with van der Waals surface area (Å²) in [5.41, 5.74) is 4.87. The van der Waals surface area contributed by atoms with Crippen molar-refractivity contribution >= 4 is 17.3 Å². The zero-order valence-corrected chi connectivity index (χ0v) is 7.35. The van der Waals surface area contributed by atoms with E-state index in [9.17, 15) is 14.9 Å². The molecule has 0 aliphatic carbocycles. The normalized spacial score (nSPS) is 9.79. The van der Waals surface area contributed by atoms with E-state index in [0.29, 0.717) is 5.56 Å². The lowest BCUT2D eigenvalue weighted by molar-refractivity contribution is -0.383. The third-order valence-corrected chi connectivity index (χ3v) is 1.84. The molecule has 0 heterocycles. The molecule has 0 atom stereocenters. The Morgan fingerprint density at radius 2 is 2.14 bits per heavy atom. The maximum absolute atomic E-state index is 10.7. The third-order valence-electron chi connectivity index (χ3n) is 1.84. The minimum atomic E-state index is -1.26. The average molecular weight is 196 g/mol. The highest BCUT2D eigenvalue weighted by Gasteiger charge is 2.20. The summed E-state index contributed by atoms with van der Waals surface area (Å²) in [6.45, 7) is 1.53. The van der Waals surface area contributed by atoms with Crippen LogP contribution < -0.4 is 5.73 Å². The van der Waals surface area contributed by atoms with Crippen molar-refractivity contribution in [2.24, 2.45) is 0 Å². The summed E-state index contributed by atoms with van der Waals surface area (Å²) < 4.78 is 0. The Kier molecular flexibility index (Phi) is 2.37. The van der Waals surface area contributed by atoms with E-state index in [0.717, 1.165) is 0 Å². The quantitative estimate of drug-likeness (QED) is 0.419. The van der Waals surface area contributed by atoms with E-state index in [2.05, 4.69) is 0 Å². The summed E-state index contributed by atoms with van der Waals surface area (Å²) in [5.74, 6) is -1.26. The molecule has 14 heavy (non-hydrogen) atoms. The number of anilines is 1. The molecule has 1 rings (SSSR count). The Hall–Kier alpha value is -2.11. The van der Waals surface area contributed by atoms with Gasteiger partial charge in [0, 0.05) is 6.07 Å². The van der Waals surface area contributed by atoms with Crippen LogP contribution >= 0.6 is 0 Å². The monoisotopic (exact) mass is 196 g/mol. The standard InChI is InChI=1S/C8H8N2O4/c1-4-2-3-5(10(13)14)7(9)6(4)8(11)12/h2-3H,9H2,1H3,(H,11,12). The van der Waals surface area contributed by atoms with Crippen molar-refractivity contribution in [2.45, 2.75) is 6.92 Å². The number of nitrogens with two attached hydrogens (primary N) is 1. The molecule has 74 valence electrons. The number of nitro benzene ring substituents is 1. The molecule has 0 radical (unpaired) electrons. The van der Waals surface area contributed by atoms with Crippen molar-refractivity contribution < 1.29 is 14.8 Å². The van der Waals surface area contributed by atoms with Crippen molar-refractivity contribution in [3.05, 3.63) is 33.4 Å². The van der Waals surface area contributed by atoms with E-state index in [-0.39, 0.29) is 16.9 Å². The van der Waals surface area contributed by atoms with Crippen LogP contribution in [0.3, 0.4) is 0 Å². The van der Waals surface area contributed by atoms with Crippen LogP contribution in [-0.2, 0) is 0 Å². The maximum Gasteiger partial charge on any atom is 0.338 e. The summed E-state index contributed by atoms with van der Waals surface area (Å²) in [5, 5.41) is 19.2. The number of aryl methyl sites for hydroxylation is 1. The van der Waals surface area contributed by atoms with Gasteiger partial charge in [0.05, 0.1) is 10.5 Å².